The largest absolute Gasteiger partial charge is 0 e. The van der Waals surface area contributed by atoms with E-state index in [1.807, 2.05) is 0 Å². The molecule has 0 fully saturated rings. The predicted molar refractivity (Wildman–Crippen MR) is 31.4 cm³/mol. The molecule has 0 rings (SSSR count). The van der Waals surface area contributed by atoms with Gasteiger partial charge in [-0.25, -0.2) is 4.57 Å². The van der Waals surface area contributed by atoms with E-state index in [1.54, 1.807) is 0 Å². The van der Waals surface area contributed by atoms with Crippen molar-refractivity contribution in [2.45, 2.75) is 0 Å². The first-order valence-corrected chi connectivity index (χ1v) is 2.35. The van der Waals surface area contributed by atoms with E-state index in [9.17, 15) is 0 Å². The first-order chi connectivity index (χ1) is 2.00. The van der Waals surface area contributed by atoms with Crippen molar-refractivity contribution < 1.29 is 69.6 Å². The Morgan fingerprint density at radius 3 is 1.10 bits per heavy atom. The second kappa shape index (κ2) is 17.7. The van der Waals surface area contributed by atoms with Crippen molar-refractivity contribution in [2.75, 3.05) is 0 Å². The van der Waals surface area contributed by atoms with E-state index >= 15 is 0 Å². The third-order valence-electron chi connectivity index (χ3n) is 0. The molecule has 0 atom stereocenters. The molecular weight excluding hydrogens is 301 g/mol. The Morgan fingerprint density at radius 2 is 1.10 bits per heavy atom. The van der Waals surface area contributed by atoms with Gasteiger partial charge in [-0.15, -0.1) is 0 Å². The molecule has 0 aliphatic rings. The summed E-state index contributed by atoms with van der Waals surface area (Å²) in [6, 6.07) is 0. The predicted octanol–water partition coefficient (Wildman–Crippen LogP) is -2.77. The molecular formula is H7AlCoLiMnNiO4P. The second-order valence-electron chi connectivity index (χ2n) is 0.513. The van der Waals surface area contributed by atoms with E-state index < -0.39 is 7.82 Å². The van der Waals surface area contributed by atoms with E-state index in [0.717, 1.165) is 0 Å². The summed E-state index contributed by atoms with van der Waals surface area (Å²) in [4.78, 5) is 21.6. The van der Waals surface area contributed by atoms with Crippen molar-refractivity contribution in [3.05, 3.63) is 0 Å². The molecule has 0 unspecified atom stereocenters. The molecule has 0 aromatic carbocycles. The van der Waals surface area contributed by atoms with Crippen LogP contribution in [-0.4, -0.2) is 50.9 Å². The quantitative estimate of drug-likeness (QED) is 0.334. The monoisotopic (exact) mass is 308 g/mol. The molecule has 10 heavy (non-hydrogen) atoms. The van der Waals surface area contributed by atoms with Gasteiger partial charge in [-0.1, -0.05) is 0 Å². The molecule has 0 heterocycles. The fourth-order valence-corrected chi connectivity index (χ4v) is 0. The van der Waals surface area contributed by atoms with E-state index in [4.69, 9.17) is 19.2 Å². The Hall–Kier alpha value is 2.76. The summed E-state index contributed by atoms with van der Waals surface area (Å²) in [5, 5.41) is 0. The van der Waals surface area contributed by atoms with Crippen LogP contribution in [0.15, 0.2) is 0 Å². The smallest absolute Gasteiger partial charge is 0 e. The molecule has 4 nitrogen and oxygen atoms in total. The first-order valence-electron chi connectivity index (χ1n) is 0.783. The van der Waals surface area contributed by atoms with Crippen molar-refractivity contribution in [1.29, 1.82) is 0 Å². The van der Waals surface area contributed by atoms with Crippen molar-refractivity contribution in [2.24, 2.45) is 0 Å². The van der Waals surface area contributed by atoms with Gasteiger partial charge >= 0.3 is 26.7 Å². The Labute approximate surface area is 112 Å². The van der Waals surface area contributed by atoms with Crippen molar-refractivity contribution in [3.8, 4) is 0 Å². The van der Waals surface area contributed by atoms with Crippen molar-refractivity contribution >= 4 is 44.0 Å². The summed E-state index contributed by atoms with van der Waals surface area (Å²) in [6.07, 6.45) is 0. The molecule has 66 valence electrons. The van der Waals surface area contributed by atoms with Gasteiger partial charge in [-0.3, -0.25) is 0 Å². The van der Waals surface area contributed by atoms with Gasteiger partial charge in [0.25, 0.3) is 0 Å². The summed E-state index contributed by atoms with van der Waals surface area (Å²) in [7, 11) is -4.64. The maximum atomic E-state index is 8.88. The van der Waals surface area contributed by atoms with Crippen molar-refractivity contribution in [3.63, 3.8) is 0 Å². The fourth-order valence-electron chi connectivity index (χ4n) is 0. The van der Waals surface area contributed by atoms with Crippen LogP contribution >= 0.6 is 7.82 Å². The zero-order chi connectivity index (χ0) is 4.50. The van der Waals surface area contributed by atoms with Crippen LogP contribution < -0.4 is 0 Å². The van der Waals surface area contributed by atoms with Crippen LogP contribution in [0.5, 0.6) is 0 Å². The average Bonchev–Trinajstić information content (AvgIpc) is 0.722. The summed E-state index contributed by atoms with van der Waals surface area (Å²) >= 11 is 0. The van der Waals surface area contributed by atoms with Gasteiger partial charge in [0.1, 0.15) is 0 Å². The minimum absolute atomic E-state index is 0. The zero-order valence-corrected chi connectivity index (χ0v) is 7.33. The van der Waals surface area contributed by atoms with Crippen LogP contribution in [0.25, 0.3) is 0 Å². The first kappa shape index (κ1) is 38.6. The summed E-state index contributed by atoms with van der Waals surface area (Å²) in [5.74, 6) is 0. The standard InChI is InChI=1S/Al.Co.Li.Mn.Ni.H3O4P.4H/c;;;;;1-5(2,3)4;;;;/h;;;;;(H3,1,2,3,4);;;;. The van der Waals surface area contributed by atoms with Crippen LogP contribution in [-0.2, 0) is 54.9 Å². The van der Waals surface area contributed by atoms with Crippen LogP contribution in [0.2, 0.25) is 0 Å². The molecule has 0 spiro atoms. The minimum Gasteiger partial charge on any atom is 0 e. The topological polar surface area (TPSA) is 77.8 Å². The van der Waals surface area contributed by atoms with Gasteiger partial charge in [0.15, 0.2) is 17.4 Å². The maximum absolute atomic E-state index is 8.88. The molecule has 0 bridgehead atoms. The van der Waals surface area contributed by atoms with Gasteiger partial charge in [-0.05, 0) is 0 Å². The molecule has 0 aliphatic heterocycles. The second-order valence-corrected chi connectivity index (χ2v) is 1.54. The van der Waals surface area contributed by atoms with Crippen LogP contribution in [0, 0.1) is 0 Å². The van der Waals surface area contributed by atoms with Crippen molar-refractivity contribution in [1.82, 2.24) is 0 Å². The number of phosphoric acid groups is 1. The molecule has 0 amide bonds. The number of rotatable bonds is 0. The van der Waals surface area contributed by atoms with Gasteiger partial charge in [0.05, 0.1) is 0 Å². The van der Waals surface area contributed by atoms with Gasteiger partial charge in [-0.2, -0.15) is 0 Å². The Morgan fingerprint density at radius 1 is 1.10 bits per heavy atom. The molecule has 0 aromatic rings. The average molecular weight is 309 g/mol. The minimum atomic E-state index is -4.64. The third kappa shape index (κ3) is 135. The summed E-state index contributed by atoms with van der Waals surface area (Å²) in [6.45, 7) is 0. The van der Waals surface area contributed by atoms with E-state index in [-0.39, 0.29) is 86.6 Å². The molecule has 2 radical (unpaired) electrons. The molecule has 0 saturated carbocycles. The van der Waals surface area contributed by atoms with Crippen LogP contribution in [0.3, 0.4) is 0 Å². The van der Waals surface area contributed by atoms with E-state index in [0.29, 0.717) is 0 Å². The number of hydrogen-bond acceptors (Lipinski definition) is 1. The van der Waals surface area contributed by atoms with Gasteiger partial charge in [0.2, 0.25) is 0 Å². The van der Waals surface area contributed by atoms with Gasteiger partial charge < -0.3 is 14.7 Å². The maximum Gasteiger partial charge on any atom is 0 e. The van der Waals surface area contributed by atoms with Crippen LogP contribution in [0.4, 0.5) is 0 Å². The third-order valence-corrected chi connectivity index (χ3v) is 0. The Kier molecular flexibility index (Phi) is 68.5. The normalized spacial score (nSPS) is 5.90. The SMILES string of the molecule is O=P(O)(O)O.[AlH3].[Co].[LiH].[Mn].[Ni]. The van der Waals surface area contributed by atoms with E-state index in [1.165, 1.54) is 0 Å². The van der Waals surface area contributed by atoms with Crippen LogP contribution in [0.1, 0.15) is 0 Å². The number of hydrogen-bond donors (Lipinski definition) is 3. The fraction of sp³-hybridized carbons (Fsp3) is 0. The zero-order valence-electron chi connectivity index (χ0n) is 3.22. The molecule has 0 saturated heterocycles. The molecule has 0 aliphatic carbocycles. The van der Waals surface area contributed by atoms with Gasteiger partial charge in [0, 0.05) is 50.3 Å². The summed E-state index contributed by atoms with van der Waals surface area (Å²) in [5.41, 5.74) is 0. The molecule has 10 heteroatoms. The summed E-state index contributed by atoms with van der Waals surface area (Å²) < 4.78 is 8.88. The molecule has 3 N–H and O–H groups in total. The van der Waals surface area contributed by atoms with E-state index in [2.05, 4.69) is 0 Å². The Bertz CT molecular complexity index is 71.4. The Balaban J connectivity index is -0.00000000800. The molecule has 0 aromatic heterocycles.